The normalized spacial score (nSPS) is 11.7. The summed E-state index contributed by atoms with van der Waals surface area (Å²) in [6, 6.07) is 0. The lowest BCUT2D eigenvalue weighted by atomic mass is 10.1. The molecule has 0 atom stereocenters. The maximum atomic E-state index is 5.38. The molecule has 0 aromatic heterocycles. The van der Waals surface area contributed by atoms with Crippen LogP contribution in [0.5, 0.6) is 0 Å². The third-order valence-electron chi connectivity index (χ3n) is 2.44. The molecule has 15 heavy (non-hydrogen) atoms. The molecule has 0 heterocycles. The molecule has 0 rings (SSSR count). The van der Waals surface area contributed by atoms with Crippen LogP contribution < -0.4 is 17.0 Å². The minimum Gasteiger partial charge on any atom is -0.369 e. The van der Waals surface area contributed by atoms with Crippen LogP contribution in [0.15, 0.2) is 4.99 Å². The van der Waals surface area contributed by atoms with Gasteiger partial charge in [-0.15, -0.1) is 0 Å². The number of unbranched alkanes of at least 4 members (excludes halogenated alkanes) is 7. The Morgan fingerprint density at radius 2 is 1.53 bits per heavy atom. The van der Waals surface area contributed by atoms with Gasteiger partial charge in [0.15, 0.2) is 0 Å². The van der Waals surface area contributed by atoms with Gasteiger partial charge in [-0.25, -0.2) is 5.84 Å². The standard InChI is InChI=1S/C11H26N4/c1-2-3-4-5-6-7-8-9-10-14-11(12)15-13/h2-10,13H2,1H3,(H3,12,14,15). The first-order chi connectivity index (χ1) is 7.31. The van der Waals surface area contributed by atoms with Crippen LogP contribution in [0.4, 0.5) is 0 Å². The highest BCUT2D eigenvalue weighted by atomic mass is 15.3. The summed E-state index contributed by atoms with van der Waals surface area (Å²) in [4.78, 5) is 4.05. The van der Waals surface area contributed by atoms with Gasteiger partial charge < -0.3 is 5.73 Å². The second kappa shape index (κ2) is 11.3. The molecule has 0 fully saturated rings. The van der Waals surface area contributed by atoms with Gasteiger partial charge >= 0.3 is 0 Å². The quantitative estimate of drug-likeness (QED) is 0.180. The summed E-state index contributed by atoms with van der Waals surface area (Å²) in [6.07, 6.45) is 10.5. The fourth-order valence-corrected chi connectivity index (χ4v) is 1.49. The number of nitrogens with one attached hydrogen (secondary N) is 1. The lowest BCUT2D eigenvalue weighted by Crippen LogP contribution is -2.37. The van der Waals surface area contributed by atoms with E-state index >= 15 is 0 Å². The van der Waals surface area contributed by atoms with Crippen LogP contribution in [0.3, 0.4) is 0 Å². The van der Waals surface area contributed by atoms with Gasteiger partial charge in [0.05, 0.1) is 0 Å². The van der Waals surface area contributed by atoms with E-state index in [2.05, 4.69) is 17.3 Å². The molecule has 0 aliphatic carbocycles. The Hall–Kier alpha value is -0.770. The van der Waals surface area contributed by atoms with Gasteiger partial charge in [-0.1, -0.05) is 51.9 Å². The zero-order valence-corrected chi connectivity index (χ0v) is 9.97. The van der Waals surface area contributed by atoms with Crippen LogP contribution in [0, 0.1) is 0 Å². The van der Waals surface area contributed by atoms with Crippen molar-refractivity contribution in [3.63, 3.8) is 0 Å². The van der Waals surface area contributed by atoms with Gasteiger partial charge in [0.25, 0.3) is 0 Å². The van der Waals surface area contributed by atoms with Gasteiger partial charge in [-0.2, -0.15) is 0 Å². The molecule has 0 aromatic rings. The van der Waals surface area contributed by atoms with Crippen molar-refractivity contribution in [2.75, 3.05) is 6.54 Å². The number of guanidine groups is 1. The van der Waals surface area contributed by atoms with Gasteiger partial charge in [-0.3, -0.25) is 10.4 Å². The van der Waals surface area contributed by atoms with Crippen molar-refractivity contribution >= 4 is 5.96 Å². The van der Waals surface area contributed by atoms with Crippen LogP contribution in [0.2, 0.25) is 0 Å². The van der Waals surface area contributed by atoms with Crippen molar-refractivity contribution in [1.29, 1.82) is 0 Å². The SMILES string of the molecule is CCCCCCCCCCN=C(N)NN. The molecule has 0 saturated carbocycles. The molecule has 90 valence electrons. The third-order valence-corrected chi connectivity index (χ3v) is 2.44. The summed E-state index contributed by atoms with van der Waals surface area (Å²) in [5.74, 6) is 5.41. The molecule has 0 amide bonds. The molecule has 4 nitrogen and oxygen atoms in total. The number of hydrogen-bond acceptors (Lipinski definition) is 2. The monoisotopic (exact) mass is 214 g/mol. The number of nitrogens with two attached hydrogens (primary N) is 2. The lowest BCUT2D eigenvalue weighted by Gasteiger charge is -2.00. The molecule has 0 aliphatic heterocycles. The average Bonchev–Trinajstić information content (AvgIpc) is 2.26. The number of hydrazine groups is 1. The van der Waals surface area contributed by atoms with Crippen LogP contribution in [0.1, 0.15) is 58.3 Å². The first kappa shape index (κ1) is 14.2. The van der Waals surface area contributed by atoms with E-state index in [1.807, 2.05) is 0 Å². The minimum atomic E-state index is 0.331. The van der Waals surface area contributed by atoms with E-state index in [4.69, 9.17) is 11.6 Å². The Bertz CT molecular complexity index is 157. The first-order valence-corrected chi connectivity index (χ1v) is 6.07. The van der Waals surface area contributed by atoms with E-state index in [9.17, 15) is 0 Å². The first-order valence-electron chi connectivity index (χ1n) is 6.07. The molecule has 0 radical (unpaired) electrons. The van der Waals surface area contributed by atoms with E-state index in [1.165, 1.54) is 44.9 Å². The fraction of sp³-hybridized carbons (Fsp3) is 0.909. The molecule has 0 unspecified atom stereocenters. The molecule has 5 N–H and O–H groups in total. The summed E-state index contributed by atoms with van der Waals surface area (Å²) in [7, 11) is 0. The van der Waals surface area contributed by atoms with Crippen LogP contribution in [-0.4, -0.2) is 12.5 Å². The van der Waals surface area contributed by atoms with Gasteiger partial charge in [0, 0.05) is 6.54 Å². The summed E-state index contributed by atoms with van der Waals surface area (Å²) in [5, 5.41) is 0. The van der Waals surface area contributed by atoms with Gasteiger partial charge in [0.1, 0.15) is 0 Å². The highest BCUT2D eigenvalue weighted by Crippen LogP contribution is 2.08. The smallest absolute Gasteiger partial charge is 0.203 e. The maximum absolute atomic E-state index is 5.38. The largest absolute Gasteiger partial charge is 0.369 e. The summed E-state index contributed by atoms with van der Waals surface area (Å²) < 4.78 is 0. The molecule has 0 aromatic carbocycles. The zero-order chi connectivity index (χ0) is 11.4. The molecule has 4 heteroatoms. The summed E-state index contributed by atoms with van der Waals surface area (Å²) in [5.41, 5.74) is 7.70. The van der Waals surface area contributed by atoms with Crippen molar-refractivity contribution in [3.05, 3.63) is 0 Å². The summed E-state index contributed by atoms with van der Waals surface area (Å²) >= 11 is 0. The highest BCUT2D eigenvalue weighted by molar-refractivity contribution is 5.76. The Morgan fingerprint density at radius 1 is 1.00 bits per heavy atom. The highest BCUT2D eigenvalue weighted by Gasteiger charge is 1.91. The molecule has 0 aliphatic rings. The van der Waals surface area contributed by atoms with E-state index in [1.54, 1.807) is 0 Å². The van der Waals surface area contributed by atoms with E-state index in [0.29, 0.717) is 5.96 Å². The topological polar surface area (TPSA) is 76.4 Å². The predicted octanol–water partition coefficient (Wildman–Crippen LogP) is 1.91. The van der Waals surface area contributed by atoms with Crippen molar-refractivity contribution in [3.8, 4) is 0 Å². The van der Waals surface area contributed by atoms with Crippen LogP contribution in [0.25, 0.3) is 0 Å². The number of hydrogen-bond donors (Lipinski definition) is 3. The Morgan fingerprint density at radius 3 is 2.07 bits per heavy atom. The minimum absolute atomic E-state index is 0.331. The lowest BCUT2D eigenvalue weighted by molar-refractivity contribution is 0.578. The molecule has 0 spiro atoms. The number of nitrogens with zero attached hydrogens (tertiary/aromatic N) is 1. The summed E-state index contributed by atoms with van der Waals surface area (Å²) in [6.45, 7) is 3.03. The van der Waals surface area contributed by atoms with Crippen molar-refractivity contribution < 1.29 is 0 Å². The van der Waals surface area contributed by atoms with Crippen LogP contribution in [-0.2, 0) is 0 Å². The second-order valence-corrected chi connectivity index (χ2v) is 3.89. The molecule has 0 saturated heterocycles. The van der Waals surface area contributed by atoms with E-state index in [0.717, 1.165) is 13.0 Å². The van der Waals surface area contributed by atoms with E-state index < -0.39 is 0 Å². The van der Waals surface area contributed by atoms with Crippen LogP contribution >= 0.6 is 0 Å². The zero-order valence-electron chi connectivity index (χ0n) is 9.97. The Labute approximate surface area is 93.5 Å². The maximum Gasteiger partial charge on any atom is 0.203 e. The Kier molecular flexibility index (Phi) is 10.7. The second-order valence-electron chi connectivity index (χ2n) is 3.89. The van der Waals surface area contributed by atoms with Gasteiger partial charge in [-0.05, 0) is 6.42 Å². The van der Waals surface area contributed by atoms with Gasteiger partial charge in [0.2, 0.25) is 5.96 Å². The van der Waals surface area contributed by atoms with E-state index in [-0.39, 0.29) is 0 Å². The molecular formula is C11H26N4. The Balaban J connectivity index is 3.05. The third kappa shape index (κ3) is 11.2. The average molecular weight is 214 g/mol. The fourth-order valence-electron chi connectivity index (χ4n) is 1.49. The number of aliphatic imine (C=N–C) groups is 1. The molecule has 0 bridgehead atoms. The van der Waals surface area contributed by atoms with Crippen molar-refractivity contribution in [1.82, 2.24) is 5.43 Å². The van der Waals surface area contributed by atoms with Crippen molar-refractivity contribution in [2.45, 2.75) is 58.3 Å². The molecular weight excluding hydrogens is 188 g/mol. The van der Waals surface area contributed by atoms with Crippen molar-refractivity contribution in [2.24, 2.45) is 16.6 Å². The predicted molar refractivity (Wildman–Crippen MR) is 66.4 cm³/mol. The number of rotatable bonds is 9.